The third kappa shape index (κ3) is 4.82. The number of hydrogen-bond acceptors (Lipinski definition) is 5. The Kier molecular flexibility index (Phi) is 5.26. The maximum atomic E-state index is 11.7. The Balaban J connectivity index is 1.68. The zero-order chi connectivity index (χ0) is 15.2. The van der Waals surface area contributed by atoms with Crippen LogP contribution in [0.25, 0.3) is 0 Å². The van der Waals surface area contributed by atoms with Crippen molar-refractivity contribution in [1.29, 1.82) is 0 Å². The Morgan fingerprint density at radius 1 is 1.62 bits per heavy atom. The van der Waals surface area contributed by atoms with Crippen molar-refractivity contribution in [3.63, 3.8) is 0 Å². The molecule has 2 rings (SSSR count). The van der Waals surface area contributed by atoms with Gasteiger partial charge in [0.2, 0.25) is 5.91 Å². The highest BCUT2D eigenvalue weighted by molar-refractivity contribution is 5.75. The fourth-order valence-electron chi connectivity index (χ4n) is 2.66. The lowest BCUT2D eigenvalue weighted by Crippen LogP contribution is -2.35. The number of carbonyl (C=O) groups is 1. The Bertz CT molecular complexity index is 502. The van der Waals surface area contributed by atoms with E-state index in [2.05, 4.69) is 22.4 Å². The largest absolute Gasteiger partial charge is 0.354 e. The summed E-state index contributed by atoms with van der Waals surface area (Å²) >= 11 is 0. The third-order valence-corrected chi connectivity index (χ3v) is 3.73. The Morgan fingerprint density at radius 3 is 3.10 bits per heavy atom. The van der Waals surface area contributed by atoms with Gasteiger partial charge in [-0.1, -0.05) is 0 Å². The molecule has 8 nitrogen and oxygen atoms in total. The molecule has 8 heteroatoms. The van der Waals surface area contributed by atoms with Crippen LogP contribution in [0.1, 0.15) is 19.3 Å². The molecule has 1 aromatic rings. The summed E-state index contributed by atoms with van der Waals surface area (Å²) in [4.78, 5) is 24.1. The molecule has 0 saturated carbocycles. The van der Waals surface area contributed by atoms with Crippen LogP contribution in [0.4, 0.5) is 5.69 Å². The first kappa shape index (κ1) is 15.4. The fourth-order valence-corrected chi connectivity index (χ4v) is 2.66. The number of piperidine rings is 1. The van der Waals surface area contributed by atoms with Crippen LogP contribution in [0.2, 0.25) is 0 Å². The van der Waals surface area contributed by atoms with Crippen LogP contribution in [0.5, 0.6) is 0 Å². The van der Waals surface area contributed by atoms with E-state index in [0.29, 0.717) is 12.5 Å². The first-order chi connectivity index (χ1) is 10.0. The average molecular weight is 295 g/mol. The molecule has 1 saturated heterocycles. The Labute approximate surface area is 123 Å². The smallest absolute Gasteiger partial charge is 0.307 e. The molecule has 2 heterocycles. The van der Waals surface area contributed by atoms with Gasteiger partial charge < -0.3 is 10.2 Å². The van der Waals surface area contributed by atoms with Crippen LogP contribution in [-0.2, 0) is 11.3 Å². The molecule has 116 valence electrons. The lowest BCUT2D eigenvalue weighted by atomic mass is 9.95. The van der Waals surface area contributed by atoms with E-state index in [9.17, 15) is 14.9 Å². The molecule has 1 N–H and O–H groups in total. The minimum absolute atomic E-state index is 0.0123. The SMILES string of the molecule is CN1CCC[C@@H](CCNC(=O)Cn2cc([N+](=O)[O-])cn2)C1. The summed E-state index contributed by atoms with van der Waals surface area (Å²) in [6.07, 6.45) is 5.80. The van der Waals surface area contributed by atoms with Crippen molar-refractivity contribution < 1.29 is 9.72 Å². The van der Waals surface area contributed by atoms with E-state index < -0.39 is 4.92 Å². The van der Waals surface area contributed by atoms with E-state index in [0.717, 1.165) is 25.7 Å². The molecule has 1 fully saturated rings. The molecule has 1 aliphatic rings. The van der Waals surface area contributed by atoms with Crippen molar-refractivity contribution in [2.24, 2.45) is 5.92 Å². The molecule has 21 heavy (non-hydrogen) atoms. The van der Waals surface area contributed by atoms with Crippen LogP contribution in [0.3, 0.4) is 0 Å². The predicted octanol–water partition coefficient (Wildman–Crippen LogP) is 0.639. The monoisotopic (exact) mass is 295 g/mol. The number of nitrogens with one attached hydrogen (secondary N) is 1. The second-order valence-corrected chi connectivity index (χ2v) is 5.56. The fraction of sp³-hybridized carbons (Fsp3) is 0.692. The summed E-state index contributed by atoms with van der Waals surface area (Å²) in [5, 5.41) is 17.2. The minimum atomic E-state index is -0.527. The van der Waals surface area contributed by atoms with Gasteiger partial charge >= 0.3 is 5.69 Å². The highest BCUT2D eigenvalue weighted by Gasteiger charge is 2.17. The second kappa shape index (κ2) is 7.16. The lowest BCUT2D eigenvalue weighted by Gasteiger charge is -2.29. The van der Waals surface area contributed by atoms with Crippen molar-refractivity contribution in [3.05, 3.63) is 22.5 Å². The number of rotatable bonds is 6. The Morgan fingerprint density at radius 2 is 2.43 bits per heavy atom. The molecule has 0 unspecified atom stereocenters. The summed E-state index contributed by atoms with van der Waals surface area (Å²) in [5.74, 6) is 0.465. The zero-order valence-electron chi connectivity index (χ0n) is 12.2. The van der Waals surface area contributed by atoms with E-state index >= 15 is 0 Å². The van der Waals surface area contributed by atoms with Crippen molar-refractivity contribution >= 4 is 11.6 Å². The van der Waals surface area contributed by atoms with Gasteiger partial charge in [0.15, 0.2) is 0 Å². The lowest BCUT2D eigenvalue weighted by molar-refractivity contribution is -0.385. The number of carbonyl (C=O) groups excluding carboxylic acids is 1. The van der Waals surface area contributed by atoms with Gasteiger partial charge in [-0.25, -0.2) is 0 Å². The molecular weight excluding hydrogens is 274 g/mol. The first-order valence-electron chi connectivity index (χ1n) is 7.16. The summed E-state index contributed by atoms with van der Waals surface area (Å²) < 4.78 is 1.28. The summed E-state index contributed by atoms with van der Waals surface area (Å²) in [5.41, 5.74) is -0.104. The van der Waals surface area contributed by atoms with Crippen molar-refractivity contribution in [2.45, 2.75) is 25.8 Å². The van der Waals surface area contributed by atoms with Crippen LogP contribution in [0.15, 0.2) is 12.4 Å². The van der Waals surface area contributed by atoms with Crippen molar-refractivity contribution in [2.75, 3.05) is 26.7 Å². The van der Waals surface area contributed by atoms with Crippen molar-refractivity contribution in [1.82, 2.24) is 20.0 Å². The van der Waals surface area contributed by atoms with Crippen LogP contribution < -0.4 is 5.32 Å². The normalized spacial score (nSPS) is 19.4. The number of hydrogen-bond donors (Lipinski definition) is 1. The second-order valence-electron chi connectivity index (χ2n) is 5.56. The van der Waals surface area contributed by atoms with Gasteiger partial charge in [0.1, 0.15) is 18.9 Å². The minimum Gasteiger partial charge on any atom is -0.354 e. The van der Waals surface area contributed by atoms with E-state index in [1.165, 1.54) is 23.7 Å². The van der Waals surface area contributed by atoms with E-state index in [1.807, 2.05) is 0 Å². The third-order valence-electron chi connectivity index (χ3n) is 3.73. The van der Waals surface area contributed by atoms with E-state index in [1.54, 1.807) is 0 Å². The molecule has 0 radical (unpaired) electrons. The van der Waals surface area contributed by atoms with Gasteiger partial charge in [-0.05, 0) is 38.8 Å². The molecule has 0 aromatic carbocycles. The van der Waals surface area contributed by atoms with Gasteiger partial charge in [-0.3, -0.25) is 19.6 Å². The maximum absolute atomic E-state index is 11.7. The van der Waals surface area contributed by atoms with Gasteiger partial charge in [-0.15, -0.1) is 0 Å². The standard InChI is InChI=1S/C13H21N5O3/c1-16-6-2-3-11(8-16)4-5-14-13(19)10-17-9-12(7-15-17)18(20)21/h7,9,11H,2-6,8,10H2,1H3,(H,14,19)/t11-/m0/s1. The number of nitrogens with zero attached hydrogens (tertiary/aromatic N) is 4. The average Bonchev–Trinajstić information content (AvgIpc) is 2.87. The van der Waals surface area contributed by atoms with Crippen LogP contribution in [0, 0.1) is 16.0 Å². The first-order valence-corrected chi connectivity index (χ1v) is 7.16. The van der Waals surface area contributed by atoms with Crippen molar-refractivity contribution in [3.8, 4) is 0 Å². The molecular formula is C13H21N5O3. The molecule has 1 amide bonds. The van der Waals surface area contributed by atoms with E-state index in [-0.39, 0.29) is 18.1 Å². The maximum Gasteiger partial charge on any atom is 0.307 e. The predicted molar refractivity (Wildman–Crippen MR) is 76.7 cm³/mol. The van der Waals surface area contributed by atoms with E-state index in [4.69, 9.17) is 0 Å². The molecule has 0 spiro atoms. The van der Waals surface area contributed by atoms with Crippen LogP contribution in [-0.4, -0.2) is 52.2 Å². The number of aromatic nitrogens is 2. The number of likely N-dealkylation sites (tertiary alicyclic amines) is 1. The highest BCUT2D eigenvalue weighted by Crippen LogP contribution is 2.17. The quantitative estimate of drug-likeness (QED) is 0.614. The summed E-state index contributed by atoms with van der Waals surface area (Å²) in [6, 6.07) is 0. The highest BCUT2D eigenvalue weighted by atomic mass is 16.6. The summed E-state index contributed by atoms with van der Waals surface area (Å²) in [7, 11) is 2.12. The number of nitro groups is 1. The molecule has 1 aromatic heterocycles. The Hall–Kier alpha value is -1.96. The van der Waals surface area contributed by atoms with Crippen LogP contribution >= 0.6 is 0 Å². The van der Waals surface area contributed by atoms with Gasteiger partial charge in [0.25, 0.3) is 0 Å². The molecule has 1 aliphatic heterocycles. The summed E-state index contributed by atoms with van der Waals surface area (Å²) in [6.45, 7) is 2.89. The van der Waals surface area contributed by atoms with Gasteiger partial charge in [-0.2, -0.15) is 5.10 Å². The number of amides is 1. The molecule has 0 aliphatic carbocycles. The van der Waals surface area contributed by atoms with Gasteiger partial charge in [0, 0.05) is 13.1 Å². The molecule has 1 atom stereocenters. The topological polar surface area (TPSA) is 93.3 Å². The zero-order valence-corrected chi connectivity index (χ0v) is 12.2. The molecule has 0 bridgehead atoms. The van der Waals surface area contributed by atoms with Gasteiger partial charge in [0.05, 0.1) is 4.92 Å².